The first-order valence-corrected chi connectivity index (χ1v) is 7.85. The summed E-state index contributed by atoms with van der Waals surface area (Å²) in [4.78, 5) is 16.0. The number of nitrogens with one attached hydrogen (secondary N) is 2. The first-order valence-electron chi connectivity index (χ1n) is 7.85. The molecule has 0 unspecified atom stereocenters. The summed E-state index contributed by atoms with van der Waals surface area (Å²) in [5, 5.41) is 0. The van der Waals surface area contributed by atoms with Crippen LogP contribution in [0, 0.1) is 35.6 Å². The Balaban J connectivity index is 0.00000157. The first-order chi connectivity index (χ1) is 11.8. The van der Waals surface area contributed by atoms with Crippen molar-refractivity contribution < 1.29 is 35.6 Å². The second-order valence-electron chi connectivity index (χ2n) is 5.91. The SMILES string of the molecule is C1=Cc2cc3ccc(cc4ccc(cc5nc(cc1n2)C=C5)[nH]4)[nH]3.[La]. The fourth-order valence-electron chi connectivity index (χ4n) is 2.94. The predicted molar refractivity (Wildman–Crippen MR) is 98.9 cm³/mol. The average Bonchev–Trinajstić information content (AvgIpc) is 3.32. The van der Waals surface area contributed by atoms with Crippen LogP contribution < -0.4 is 0 Å². The summed E-state index contributed by atoms with van der Waals surface area (Å²) in [6.45, 7) is 0. The minimum Gasteiger partial charge on any atom is -0.355 e. The molecular weight excluding hydrogens is 435 g/mol. The number of aromatic amines is 2. The molecule has 4 nitrogen and oxygen atoms in total. The fourth-order valence-corrected chi connectivity index (χ4v) is 2.94. The standard InChI is InChI=1S/C20H14N4.La/c1-2-14-10-16-5-6-18(23-16)12-20-8-7-19(24-20)11-17-4-3-15(22-17)9-13(1)21-14;/h1-12,21-22H;. The van der Waals surface area contributed by atoms with E-state index in [1.165, 1.54) is 0 Å². The van der Waals surface area contributed by atoms with Gasteiger partial charge in [0.05, 0.1) is 22.8 Å². The van der Waals surface area contributed by atoms with E-state index in [2.05, 4.69) is 50.3 Å². The van der Waals surface area contributed by atoms with Crippen molar-refractivity contribution in [3.05, 3.63) is 71.3 Å². The third-order valence-electron chi connectivity index (χ3n) is 4.04. The van der Waals surface area contributed by atoms with Gasteiger partial charge in [0.25, 0.3) is 0 Å². The molecule has 25 heavy (non-hydrogen) atoms. The number of fused-ring (bicyclic) bond motifs is 8. The van der Waals surface area contributed by atoms with Gasteiger partial charge in [0.2, 0.25) is 0 Å². The van der Waals surface area contributed by atoms with Gasteiger partial charge in [0, 0.05) is 57.7 Å². The molecule has 5 rings (SSSR count). The smallest absolute Gasteiger partial charge is 0.0659 e. The molecule has 0 saturated heterocycles. The summed E-state index contributed by atoms with van der Waals surface area (Å²) in [7, 11) is 0. The van der Waals surface area contributed by atoms with E-state index in [1.807, 2.05) is 42.5 Å². The molecule has 2 N–H and O–H groups in total. The Hall–Kier alpha value is -2.21. The van der Waals surface area contributed by atoms with E-state index in [0.29, 0.717) is 0 Å². The second-order valence-corrected chi connectivity index (χ2v) is 5.91. The fraction of sp³-hybridized carbons (Fsp3) is 0. The van der Waals surface area contributed by atoms with Crippen molar-refractivity contribution >= 4 is 46.4 Å². The van der Waals surface area contributed by atoms with Crippen LogP contribution in [-0.2, 0) is 0 Å². The van der Waals surface area contributed by atoms with Gasteiger partial charge >= 0.3 is 0 Å². The molecule has 0 aromatic carbocycles. The minimum atomic E-state index is 0. The summed E-state index contributed by atoms with van der Waals surface area (Å²) < 4.78 is 0. The maximum atomic E-state index is 4.62. The van der Waals surface area contributed by atoms with Crippen molar-refractivity contribution in [1.82, 2.24) is 19.9 Å². The normalized spacial score (nSPS) is 12.2. The molecule has 8 bridgehead atoms. The van der Waals surface area contributed by atoms with Crippen molar-refractivity contribution in [3.63, 3.8) is 0 Å². The number of H-pyrrole nitrogens is 2. The Morgan fingerprint density at radius 3 is 1.28 bits per heavy atom. The van der Waals surface area contributed by atoms with Gasteiger partial charge in [-0.05, 0) is 72.8 Å². The Labute approximate surface area is 172 Å². The van der Waals surface area contributed by atoms with Gasteiger partial charge in [-0.3, -0.25) is 0 Å². The molecule has 5 heteroatoms. The van der Waals surface area contributed by atoms with Crippen LogP contribution in [0.15, 0.2) is 48.5 Å². The van der Waals surface area contributed by atoms with Gasteiger partial charge in [-0.1, -0.05) is 0 Å². The van der Waals surface area contributed by atoms with E-state index in [4.69, 9.17) is 0 Å². The summed E-state index contributed by atoms with van der Waals surface area (Å²) in [6, 6.07) is 16.4. The molecule has 0 saturated carbocycles. The maximum absolute atomic E-state index is 4.62. The summed E-state index contributed by atoms with van der Waals surface area (Å²) >= 11 is 0. The minimum absolute atomic E-state index is 0. The number of hydrogen-bond acceptors (Lipinski definition) is 2. The molecule has 0 atom stereocenters. The Morgan fingerprint density at radius 1 is 0.480 bits per heavy atom. The molecular formula is C20H14LaN4. The van der Waals surface area contributed by atoms with Gasteiger partial charge in [-0.2, -0.15) is 0 Å². The Morgan fingerprint density at radius 2 is 0.840 bits per heavy atom. The van der Waals surface area contributed by atoms with Gasteiger partial charge in [0.1, 0.15) is 0 Å². The zero-order valence-electron chi connectivity index (χ0n) is 13.4. The van der Waals surface area contributed by atoms with Crippen LogP contribution >= 0.6 is 0 Å². The average molecular weight is 449 g/mol. The van der Waals surface area contributed by atoms with Crippen LogP contribution in [0.4, 0.5) is 0 Å². The third kappa shape index (κ3) is 3.44. The predicted octanol–water partition coefficient (Wildman–Crippen LogP) is 4.66. The van der Waals surface area contributed by atoms with E-state index in [0.717, 1.165) is 44.8 Å². The molecule has 2 aliphatic rings. The van der Waals surface area contributed by atoms with E-state index in [9.17, 15) is 0 Å². The first kappa shape index (κ1) is 16.3. The maximum Gasteiger partial charge on any atom is 0.0659 e. The molecule has 0 fully saturated rings. The van der Waals surface area contributed by atoms with Crippen LogP contribution in [0.25, 0.3) is 46.4 Å². The van der Waals surface area contributed by atoms with E-state index >= 15 is 0 Å². The monoisotopic (exact) mass is 449 g/mol. The van der Waals surface area contributed by atoms with Crippen LogP contribution in [-0.4, -0.2) is 19.9 Å². The quantitative estimate of drug-likeness (QED) is 0.362. The number of aromatic nitrogens is 4. The molecule has 2 aliphatic heterocycles. The molecule has 0 spiro atoms. The summed E-state index contributed by atoms with van der Waals surface area (Å²) in [5.74, 6) is 0. The molecule has 3 aromatic rings. The van der Waals surface area contributed by atoms with Crippen LogP contribution in [0.1, 0.15) is 22.8 Å². The van der Waals surface area contributed by atoms with Crippen LogP contribution in [0.2, 0.25) is 0 Å². The number of rotatable bonds is 0. The van der Waals surface area contributed by atoms with E-state index in [1.54, 1.807) is 0 Å². The van der Waals surface area contributed by atoms with E-state index in [-0.39, 0.29) is 35.6 Å². The van der Waals surface area contributed by atoms with Crippen molar-refractivity contribution in [2.75, 3.05) is 0 Å². The molecule has 3 aromatic heterocycles. The molecule has 117 valence electrons. The molecule has 1 radical (unpaired) electrons. The molecule has 0 amide bonds. The van der Waals surface area contributed by atoms with Crippen molar-refractivity contribution in [3.8, 4) is 0 Å². The molecule has 5 heterocycles. The zero-order chi connectivity index (χ0) is 15.9. The van der Waals surface area contributed by atoms with Gasteiger partial charge in [-0.25, -0.2) is 9.97 Å². The van der Waals surface area contributed by atoms with Crippen LogP contribution in [0.3, 0.4) is 0 Å². The van der Waals surface area contributed by atoms with Crippen molar-refractivity contribution in [1.29, 1.82) is 0 Å². The topological polar surface area (TPSA) is 57.4 Å². The third-order valence-corrected chi connectivity index (χ3v) is 4.04. The number of nitrogens with zero attached hydrogens (tertiary/aromatic N) is 2. The van der Waals surface area contributed by atoms with Crippen molar-refractivity contribution in [2.24, 2.45) is 0 Å². The van der Waals surface area contributed by atoms with Gasteiger partial charge < -0.3 is 9.97 Å². The van der Waals surface area contributed by atoms with E-state index < -0.39 is 0 Å². The van der Waals surface area contributed by atoms with Crippen molar-refractivity contribution in [2.45, 2.75) is 0 Å². The molecule has 0 aliphatic carbocycles. The zero-order valence-corrected chi connectivity index (χ0v) is 17.0. The summed E-state index contributed by atoms with van der Waals surface area (Å²) in [6.07, 6.45) is 8.05. The van der Waals surface area contributed by atoms with Gasteiger partial charge in [0.15, 0.2) is 0 Å². The van der Waals surface area contributed by atoms with Gasteiger partial charge in [-0.15, -0.1) is 0 Å². The summed E-state index contributed by atoms with van der Waals surface area (Å²) in [5.41, 5.74) is 7.86. The number of hydrogen-bond donors (Lipinski definition) is 2. The largest absolute Gasteiger partial charge is 0.355 e. The van der Waals surface area contributed by atoms with Crippen LogP contribution in [0.5, 0.6) is 0 Å². The Bertz CT molecular complexity index is 1080. The Kier molecular flexibility index (Phi) is 4.29. The second kappa shape index (κ2) is 6.60.